The Kier molecular flexibility index (Phi) is 9.07. The molecule has 0 spiro atoms. The van der Waals surface area contributed by atoms with Gasteiger partial charge < -0.3 is 15.4 Å². The van der Waals surface area contributed by atoms with E-state index < -0.39 is 0 Å². The first-order valence-corrected chi connectivity index (χ1v) is 7.99. The van der Waals surface area contributed by atoms with Crippen molar-refractivity contribution in [2.75, 3.05) is 26.0 Å². The van der Waals surface area contributed by atoms with Crippen molar-refractivity contribution in [3.63, 3.8) is 0 Å². The van der Waals surface area contributed by atoms with Crippen LogP contribution >= 0.6 is 24.2 Å². The molecule has 1 amide bonds. The zero-order chi connectivity index (χ0) is 13.6. The molecular weight excluding hydrogens is 284 g/mol. The van der Waals surface area contributed by atoms with Crippen LogP contribution in [0.15, 0.2) is 0 Å². The van der Waals surface area contributed by atoms with E-state index in [0.717, 1.165) is 25.9 Å². The van der Waals surface area contributed by atoms with Crippen LogP contribution in [0.5, 0.6) is 0 Å². The summed E-state index contributed by atoms with van der Waals surface area (Å²) in [5.41, 5.74) is 0. The van der Waals surface area contributed by atoms with E-state index in [9.17, 15) is 4.79 Å². The summed E-state index contributed by atoms with van der Waals surface area (Å²) in [6.45, 7) is 8.46. The van der Waals surface area contributed by atoms with Crippen molar-refractivity contribution in [2.45, 2.75) is 50.5 Å². The van der Waals surface area contributed by atoms with Gasteiger partial charge >= 0.3 is 0 Å². The molecule has 1 aliphatic heterocycles. The lowest BCUT2D eigenvalue weighted by atomic mass is 10.0. The fraction of sp³-hybridized carbons (Fsp3) is 0.923. The van der Waals surface area contributed by atoms with Gasteiger partial charge in [0.25, 0.3) is 0 Å². The van der Waals surface area contributed by atoms with E-state index >= 15 is 0 Å². The molecule has 0 radical (unpaired) electrons. The molecule has 4 nitrogen and oxygen atoms in total. The molecular formula is C13H27ClN2O2S. The first-order valence-electron chi connectivity index (χ1n) is 6.76. The Hall–Kier alpha value is 0.0300. The van der Waals surface area contributed by atoms with Gasteiger partial charge in [0.1, 0.15) is 6.04 Å². The second-order valence-corrected chi connectivity index (χ2v) is 6.09. The smallest absolute Gasteiger partial charge is 0.239 e. The molecule has 0 aromatic rings. The van der Waals surface area contributed by atoms with E-state index in [1.165, 1.54) is 0 Å². The summed E-state index contributed by atoms with van der Waals surface area (Å²) in [6, 6.07) is -0.216. The fourth-order valence-corrected chi connectivity index (χ4v) is 3.04. The molecule has 0 aromatic heterocycles. The average Bonchev–Trinajstić information content (AvgIpc) is 2.41. The fourth-order valence-electron chi connectivity index (χ4n) is 2.25. The largest absolute Gasteiger partial charge is 0.375 e. The van der Waals surface area contributed by atoms with Crippen LogP contribution in [0.1, 0.15) is 33.6 Å². The van der Waals surface area contributed by atoms with Crippen molar-refractivity contribution in [3.8, 4) is 0 Å². The van der Waals surface area contributed by atoms with Crippen molar-refractivity contribution in [1.82, 2.24) is 10.6 Å². The normalized spacial score (nSPS) is 23.6. The number of rotatable bonds is 6. The van der Waals surface area contributed by atoms with E-state index in [4.69, 9.17) is 4.74 Å². The minimum atomic E-state index is -0.216. The lowest BCUT2D eigenvalue weighted by molar-refractivity contribution is -0.129. The van der Waals surface area contributed by atoms with Crippen LogP contribution in [-0.2, 0) is 9.53 Å². The Morgan fingerprint density at radius 3 is 2.58 bits per heavy atom. The number of morpholine rings is 1. The maximum atomic E-state index is 12.1. The molecule has 2 N–H and O–H groups in total. The molecule has 114 valence electrons. The van der Waals surface area contributed by atoms with E-state index in [1.807, 2.05) is 18.7 Å². The van der Waals surface area contributed by atoms with Crippen molar-refractivity contribution < 1.29 is 9.53 Å². The molecule has 0 unspecified atom stereocenters. The van der Waals surface area contributed by atoms with Crippen LogP contribution in [-0.4, -0.2) is 48.8 Å². The molecule has 1 rings (SSSR count). The molecule has 0 aromatic carbocycles. The molecule has 1 aliphatic rings. The quantitative estimate of drug-likeness (QED) is 0.786. The second kappa shape index (κ2) is 9.06. The molecule has 19 heavy (non-hydrogen) atoms. The van der Waals surface area contributed by atoms with Gasteiger partial charge in [-0.05, 0) is 26.0 Å². The summed E-state index contributed by atoms with van der Waals surface area (Å²) in [7, 11) is 0. The Balaban J connectivity index is 0.00000324. The molecule has 0 saturated carbocycles. The number of thioether (sulfide) groups is 1. The molecule has 1 fully saturated rings. The molecule has 1 saturated heterocycles. The van der Waals surface area contributed by atoms with Crippen LogP contribution < -0.4 is 10.6 Å². The molecule has 2 atom stereocenters. The summed E-state index contributed by atoms with van der Waals surface area (Å²) in [5, 5.41) is 6.29. The minimum Gasteiger partial charge on any atom is -0.375 e. The number of hydrogen-bond donors (Lipinski definition) is 2. The lowest BCUT2D eigenvalue weighted by Crippen LogP contribution is -2.56. The number of halogens is 1. The number of hydrogen-bond acceptors (Lipinski definition) is 4. The third-order valence-electron chi connectivity index (χ3n) is 3.91. The number of amides is 1. The highest BCUT2D eigenvalue weighted by molar-refractivity contribution is 8.00. The first kappa shape index (κ1) is 19.0. The number of carbonyl (C=O) groups is 1. The lowest BCUT2D eigenvalue weighted by Gasteiger charge is -2.33. The van der Waals surface area contributed by atoms with Gasteiger partial charge in [0.15, 0.2) is 0 Å². The summed E-state index contributed by atoms with van der Waals surface area (Å²) in [4.78, 5) is 12.1. The molecule has 0 aliphatic carbocycles. The van der Waals surface area contributed by atoms with E-state index in [2.05, 4.69) is 30.7 Å². The Labute approximate surface area is 127 Å². The van der Waals surface area contributed by atoms with E-state index in [1.54, 1.807) is 0 Å². The maximum absolute atomic E-state index is 12.1. The van der Waals surface area contributed by atoms with Crippen LogP contribution in [0.4, 0.5) is 0 Å². The predicted octanol–water partition coefficient (Wildman–Crippen LogP) is 1.82. The van der Waals surface area contributed by atoms with Crippen molar-refractivity contribution in [2.24, 2.45) is 0 Å². The Morgan fingerprint density at radius 1 is 1.47 bits per heavy atom. The predicted molar refractivity (Wildman–Crippen MR) is 84.3 cm³/mol. The van der Waals surface area contributed by atoms with Crippen molar-refractivity contribution in [3.05, 3.63) is 0 Å². The van der Waals surface area contributed by atoms with E-state index in [0.29, 0.717) is 6.61 Å². The zero-order valence-electron chi connectivity index (χ0n) is 12.3. The maximum Gasteiger partial charge on any atom is 0.239 e. The van der Waals surface area contributed by atoms with Crippen LogP contribution in [0.25, 0.3) is 0 Å². The average molecular weight is 311 g/mol. The highest BCUT2D eigenvalue weighted by Crippen LogP contribution is 2.29. The third-order valence-corrected chi connectivity index (χ3v) is 5.49. The van der Waals surface area contributed by atoms with Gasteiger partial charge in [0.2, 0.25) is 5.91 Å². The van der Waals surface area contributed by atoms with Crippen molar-refractivity contribution in [1.29, 1.82) is 0 Å². The molecule has 0 bridgehead atoms. The summed E-state index contributed by atoms with van der Waals surface area (Å²) >= 11 is 1.84. The van der Waals surface area contributed by atoms with Crippen LogP contribution in [0.2, 0.25) is 0 Å². The highest BCUT2D eigenvalue weighted by atomic mass is 35.5. The molecule has 6 heteroatoms. The molecule has 1 heterocycles. The van der Waals surface area contributed by atoms with Crippen LogP contribution in [0, 0.1) is 0 Å². The zero-order valence-corrected chi connectivity index (χ0v) is 14.0. The van der Waals surface area contributed by atoms with Gasteiger partial charge in [-0.25, -0.2) is 0 Å². The standard InChI is InChI=1S/C13H26N2O2S.ClH/c1-5-13(6-2,18-4)9-15-12(16)11-10(3)17-8-7-14-11;/h10-11,14H,5-9H2,1-4H3,(H,15,16);1H/t10-,11+;/m1./s1. The van der Waals surface area contributed by atoms with Crippen LogP contribution in [0.3, 0.4) is 0 Å². The Morgan fingerprint density at radius 2 is 2.11 bits per heavy atom. The van der Waals surface area contributed by atoms with Crippen molar-refractivity contribution >= 4 is 30.1 Å². The number of carbonyl (C=O) groups excluding carboxylic acids is 1. The van der Waals surface area contributed by atoms with Gasteiger partial charge in [-0.3, -0.25) is 4.79 Å². The van der Waals surface area contributed by atoms with E-state index in [-0.39, 0.29) is 35.2 Å². The van der Waals surface area contributed by atoms with Gasteiger partial charge in [-0.2, -0.15) is 11.8 Å². The van der Waals surface area contributed by atoms with Gasteiger partial charge in [0, 0.05) is 17.8 Å². The Bertz CT molecular complexity index is 267. The summed E-state index contributed by atoms with van der Waals surface area (Å²) in [6.07, 6.45) is 4.19. The summed E-state index contributed by atoms with van der Waals surface area (Å²) < 4.78 is 5.66. The SMILES string of the molecule is CCC(CC)(CNC(=O)[C@H]1NCCO[C@@H]1C)SC.Cl. The van der Waals surface area contributed by atoms with Gasteiger partial charge in [0.05, 0.1) is 12.7 Å². The van der Waals surface area contributed by atoms with Gasteiger partial charge in [-0.15, -0.1) is 12.4 Å². The summed E-state index contributed by atoms with van der Waals surface area (Å²) in [5.74, 6) is 0.0579. The third kappa shape index (κ3) is 5.14. The number of nitrogens with one attached hydrogen (secondary N) is 2. The number of ether oxygens (including phenoxy) is 1. The highest BCUT2D eigenvalue weighted by Gasteiger charge is 2.31. The second-order valence-electron chi connectivity index (χ2n) is 4.82. The topological polar surface area (TPSA) is 50.4 Å². The minimum absolute atomic E-state index is 0. The monoisotopic (exact) mass is 310 g/mol. The first-order chi connectivity index (χ1) is 8.58. The van der Waals surface area contributed by atoms with Gasteiger partial charge in [-0.1, -0.05) is 13.8 Å².